The maximum absolute atomic E-state index is 13.4. The maximum Gasteiger partial charge on any atom is 0.325 e. The molecule has 1 fully saturated rings. The first kappa shape index (κ1) is 22.4. The number of benzene rings is 1. The average Bonchev–Trinajstić information content (AvgIpc) is 2.79. The molecule has 0 amide bonds. The van der Waals surface area contributed by atoms with E-state index < -0.39 is 17.8 Å². The molecule has 3 atom stereocenters. The largest absolute Gasteiger partial charge is 0.480 e. The lowest BCUT2D eigenvalue weighted by Crippen LogP contribution is -2.58. The molecule has 4 rings (SSSR count). The Morgan fingerprint density at radius 1 is 1.18 bits per heavy atom. The first-order chi connectivity index (χ1) is 15.7. The van der Waals surface area contributed by atoms with Crippen molar-refractivity contribution in [1.82, 2.24) is 14.5 Å². The van der Waals surface area contributed by atoms with E-state index in [-0.39, 0.29) is 23.5 Å². The fraction of sp³-hybridized carbons (Fsp3) is 0.333. The van der Waals surface area contributed by atoms with Crippen molar-refractivity contribution in [2.45, 2.75) is 32.0 Å². The van der Waals surface area contributed by atoms with Gasteiger partial charge in [-0.15, -0.1) is 4.98 Å². The Labute approximate surface area is 190 Å². The Morgan fingerprint density at radius 3 is 2.52 bits per heavy atom. The second-order valence-corrected chi connectivity index (χ2v) is 8.42. The Balaban J connectivity index is 1.73. The number of carbonyl (C=O) groups is 1. The normalized spacial score (nSPS) is 19.9. The molecule has 1 unspecified atom stereocenters. The van der Waals surface area contributed by atoms with Crippen LogP contribution >= 0.6 is 0 Å². The predicted molar refractivity (Wildman–Crippen MR) is 123 cm³/mol. The second kappa shape index (κ2) is 8.64. The molecule has 0 spiro atoms. The Kier molecular flexibility index (Phi) is 5.87. The van der Waals surface area contributed by atoms with E-state index in [0.29, 0.717) is 35.4 Å². The Bertz CT molecular complexity index is 1310. The van der Waals surface area contributed by atoms with Gasteiger partial charge in [0.25, 0.3) is 11.4 Å². The van der Waals surface area contributed by atoms with E-state index in [1.165, 1.54) is 34.9 Å². The van der Waals surface area contributed by atoms with Crippen LogP contribution in [0, 0.1) is 12.4 Å². The van der Waals surface area contributed by atoms with Crippen molar-refractivity contribution in [2.75, 3.05) is 18.0 Å². The summed E-state index contributed by atoms with van der Waals surface area (Å²) in [7, 11) is 1.66. The maximum atomic E-state index is 13.4. The van der Waals surface area contributed by atoms with Gasteiger partial charge < -0.3 is 19.4 Å². The lowest BCUT2D eigenvalue weighted by atomic mass is 9.99. The minimum Gasteiger partial charge on any atom is -0.480 e. The highest BCUT2D eigenvalue weighted by Gasteiger charge is 2.38. The number of halogens is 1. The molecule has 0 bridgehead atoms. The van der Waals surface area contributed by atoms with Gasteiger partial charge in [0, 0.05) is 38.3 Å². The molecule has 33 heavy (non-hydrogen) atoms. The molecule has 3 aromatic rings. The van der Waals surface area contributed by atoms with Gasteiger partial charge in [0.15, 0.2) is 0 Å². The van der Waals surface area contributed by atoms with Gasteiger partial charge in [0.2, 0.25) is 5.52 Å². The van der Waals surface area contributed by atoms with Gasteiger partial charge in [0.05, 0.1) is 11.2 Å². The van der Waals surface area contributed by atoms with E-state index in [0.717, 1.165) is 0 Å². The van der Waals surface area contributed by atoms with Crippen LogP contribution in [0.4, 0.5) is 15.9 Å². The second-order valence-electron chi connectivity index (χ2n) is 8.42. The number of hydrogen-bond acceptors (Lipinski definition) is 5. The molecule has 1 aliphatic rings. The summed E-state index contributed by atoms with van der Waals surface area (Å²) in [6.45, 7) is 12.1. The van der Waals surface area contributed by atoms with Crippen molar-refractivity contribution in [3.05, 3.63) is 75.6 Å². The molecule has 0 aliphatic carbocycles. The monoisotopic (exact) mass is 449 g/mol. The zero-order valence-corrected chi connectivity index (χ0v) is 18.6. The number of aromatic nitrogens is 2. The third kappa shape index (κ3) is 4.05. The van der Waals surface area contributed by atoms with Crippen LogP contribution in [0.2, 0.25) is 0 Å². The highest BCUT2D eigenvalue weighted by atomic mass is 19.1. The quantitative estimate of drug-likeness (QED) is 0.615. The van der Waals surface area contributed by atoms with Crippen molar-refractivity contribution in [2.24, 2.45) is 7.05 Å². The van der Waals surface area contributed by atoms with Crippen LogP contribution in [-0.4, -0.2) is 50.7 Å². The summed E-state index contributed by atoms with van der Waals surface area (Å²) in [5.74, 6) is -1.18. The number of aryl methyl sites for hydroxylation is 1. The summed E-state index contributed by atoms with van der Waals surface area (Å²) in [6, 6.07) is 9.12. The smallest absolute Gasteiger partial charge is 0.325 e. The van der Waals surface area contributed by atoms with Crippen LogP contribution in [-0.2, 0) is 11.8 Å². The van der Waals surface area contributed by atoms with Crippen LogP contribution < -0.4 is 10.5 Å². The van der Waals surface area contributed by atoms with E-state index in [1.807, 2.05) is 18.7 Å². The van der Waals surface area contributed by atoms with E-state index in [4.69, 9.17) is 6.57 Å². The molecule has 1 aromatic carbocycles. The van der Waals surface area contributed by atoms with Gasteiger partial charge in [0.1, 0.15) is 11.9 Å². The molecule has 1 N–H and O–H groups in total. The first-order valence-corrected chi connectivity index (χ1v) is 10.6. The molecule has 2 aromatic heterocycles. The van der Waals surface area contributed by atoms with Crippen LogP contribution in [0.3, 0.4) is 0 Å². The van der Waals surface area contributed by atoms with Crippen molar-refractivity contribution in [3.63, 3.8) is 0 Å². The van der Waals surface area contributed by atoms with Crippen LogP contribution in [0.1, 0.15) is 25.5 Å². The number of anilines is 1. The summed E-state index contributed by atoms with van der Waals surface area (Å²) in [5.41, 5.74) is 2.14. The number of pyridine rings is 2. The van der Waals surface area contributed by atoms with Gasteiger partial charge in [-0.2, -0.15) is 0 Å². The minimum atomic E-state index is -1.00. The van der Waals surface area contributed by atoms with Crippen molar-refractivity contribution in [1.29, 1.82) is 0 Å². The van der Waals surface area contributed by atoms with Crippen LogP contribution in [0.25, 0.3) is 15.9 Å². The number of rotatable bonds is 4. The van der Waals surface area contributed by atoms with Crippen LogP contribution in [0.5, 0.6) is 0 Å². The number of fused-ring (bicyclic) bond motifs is 1. The first-order valence-electron chi connectivity index (χ1n) is 10.6. The number of nitrogens with zero attached hydrogens (tertiary/aromatic N) is 5. The average molecular weight is 449 g/mol. The summed E-state index contributed by atoms with van der Waals surface area (Å²) in [4.78, 5) is 36.7. The molecule has 0 radical (unpaired) electrons. The fourth-order valence-electron chi connectivity index (χ4n) is 4.55. The topological polar surface area (TPSA) is 83.0 Å². The summed E-state index contributed by atoms with van der Waals surface area (Å²) in [5, 5.41) is 9.97. The molecule has 8 nitrogen and oxygen atoms in total. The highest BCUT2D eigenvalue weighted by molar-refractivity contribution is 5.89. The minimum absolute atomic E-state index is 0.141. The lowest BCUT2D eigenvalue weighted by molar-refractivity contribution is -0.145. The molecular formula is C24H24FN5O3. The fourth-order valence-corrected chi connectivity index (χ4v) is 4.55. The zero-order valence-electron chi connectivity index (χ0n) is 18.6. The number of carboxylic acids is 1. The van der Waals surface area contributed by atoms with Gasteiger partial charge in [-0.25, -0.2) is 4.39 Å². The molecule has 3 heterocycles. The molecular weight excluding hydrogens is 425 g/mol. The summed E-state index contributed by atoms with van der Waals surface area (Å²) in [6.07, 6.45) is 0. The van der Waals surface area contributed by atoms with Gasteiger partial charge in [-0.3, -0.25) is 14.5 Å². The molecule has 9 heteroatoms. The zero-order chi connectivity index (χ0) is 23.9. The molecule has 1 saturated heterocycles. The van der Waals surface area contributed by atoms with Crippen LogP contribution in [0.15, 0.2) is 47.3 Å². The highest BCUT2D eigenvalue weighted by Crippen LogP contribution is 2.33. The third-order valence-corrected chi connectivity index (χ3v) is 6.26. The van der Waals surface area contributed by atoms with E-state index >= 15 is 0 Å². The van der Waals surface area contributed by atoms with Gasteiger partial charge >= 0.3 is 5.97 Å². The summed E-state index contributed by atoms with van der Waals surface area (Å²) >= 11 is 0. The molecule has 0 saturated carbocycles. The van der Waals surface area contributed by atoms with Gasteiger partial charge in [-0.1, -0.05) is 18.7 Å². The Morgan fingerprint density at radius 2 is 1.88 bits per heavy atom. The number of aliphatic carboxylic acids is 1. The number of carboxylic acid groups (broad SMARTS) is 1. The van der Waals surface area contributed by atoms with Crippen molar-refractivity contribution < 1.29 is 14.3 Å². The lowest BCUT2D eigenvalue weighted by Gasteiger charge is -2.47. The third-order valence-electron chi connectivity index (χ3n) is 6.26. The SMILES string of the molecule is [C-]#[N+]c1ccc2c(n1)c(N1C[C@@H](C)N(C(C(=O)O)c3ccc(F)cc3)C[C@@H]1C)cc(=O)n2C. The number of piperazine rings is 1. The molecule has 170 valence electrons. The van der Waals surface area contributed by atoms with Crippen molar-refractivity contribution in [3.8, 4) is 0 Å². The number of hydrogen-bond donors (Lipinski definition) is 1. The molecule has 1 aliphatic heterocycles. The summed E-state index contributed by atoms with van der Waals surface area (Å²) < 4.78 is 14.9. The van der Waals surface area contributed by atoms with E-state index in [2.05, 4.69) is 14.7 Å². The standard InChI is InChI=1S/C24H24FN5O3/c1-14-13-30(23(24(32)33)16-5-7-17(25)8-6-16)15(2)12-29(14)19-11-21(31)28(4)18-9-10-20(26-3)27-22(18)19/h5-11,14-15,23H,12-13H2,1-2,4H3,(H,32,33)/t14-,15+,23?/m0/s1. The van der Waals surface area contributed by atoms with Gasteiger partial charge in [-0.05, 0) is 43.7 Å². The van der Waals surface area contributed by atoms with Crippen molar-refractivity contribution >= 4 is 28.5 Å². The Hall–Kier alpha value is -3.77. The van der Waals surface area contributed by atoms with E-state index in [9.17, 15) is 19.1 Å². The predicted octanol–water partition coefficient (Wildman–Crippen LogP) is 3.35. The van der Waals surface area contributed by atoms with E-state index in [1.54, 1.807) is 19.2 Å².